The number of alkyl halides is 3. The number of carbonyl (C=O) groups excluding carboxylic acids is 1. The van der Waals surface area contributed by atoms with Gasteiger partial charge in [0.2, 0.25) is 0 Å². The van der Waals surface area contributed by atoms with Crippen LogP contribution in [-0.4, -0.2) is 60.0 Å². The number of aryl methyl sites for hydroxylation is 1. The van der Waals surface area contributed by atoms with E-state index in [-0.39, 0.29) is 18.6 Å². The summed E-state index contributed by atoms with van der Waals surface area (Å²) in [5, 5.41) is 13.1. The number of rotatable bonds is 5. The number of ether oxygens (including phenoxy) is 1. The van der Waals surface area contributed by atoms with Crippen molar-refractivity contribution in [2.24, 2.45) is 0 Å². The Hall–Kier alpha value is -3.06. The summed E-state index contributed by atoms with van der Waals surface area (Å²) >= 11 is 0. The van der Waals surface area contributed by atoms with Crippen LogP contribution in [-0.2, 0) is 17.5 Å². The van der Waals surface area contributed by atoms with Crippen molar-refractivity contribution in [3.8, 4) is 6.07 Å². The zero-order valence-electron chi connectivity index (χ0n) is 16.7. The number of amides is 1. The van der Waals surface area contributed by atoms with Crippen molar-refractivity contribution in [3.63, 3.8) is 0 Å². The number of halogens is 3. The molecule has 1 saturated heterocycles. The Bertz CT molecular complexity index is 951. The number of benzene rings is 1. The summed E-state index contributed by atoms with van der Waals surface area (Å²) in [6.45, 7) is 3.67. The van der Waals surface area contributed by atoms with Gasteiger partial charge in [-0.25, -0.2) is 0 Å². The maximum absolute atomic E-state index is 13.3. The zero-order valence-corrected chi connectivity index (χ0v) is 16.7. The van der Waals surface area contributed by atoms with Gasteiger partial charge in [-0.2, -0.15) is 23.5 Å². The van der Waals surface area contributed by atoms with Crippen LogP contribution < -0.4 is 4.90 Å². The van der Waals surface area contributed by atoms with Gasteiger partial charge in [0, 0.05) is 45.2 Å². The van der Waals surface area contributed by atoms with Gasteiger partial charge in [-0.1, -0.05) is 0 Å². The minimum Gasteiger partial charge on any atom is -0.382 e. The molecule has 1 fully saturated rings. The standard InChI is InChI=1S/C20H22F3N5O2/c1-3-28-18(6-7-25-28)19(29)27-9-8-26(12-16(27)13-30-2)15-5-4-14(11-24)17(10-15)20(21,22)23/h4-7,10,16H,3,8-9,12-13H2,1-2H3. The van der Waals surface area contributed by atoms with Gasteiger partial charge in [-0.15, -0.1) is 0 Å². The molecule has 1 aromatic carbocycles. The molecule has 1 aliphatic rings. The number of nitrogens with zero attached hydrogens (tertiary/aromatic N) is 5. The molecule has 1 unspecified atom stereocenters. The smallest absolute Gasteiger partial charge is 0.382 e. The second kappa shape index (κ2) is 8.75. The van der Waals surface area contributed by atoms with Gasteiger partial charge >= 0.3 is 6.18 Å². The van der Waals surface area contributed by atoms with Gasteiger partial charge in [-0.3, -0.25) is 9.48 Å². The van der Waals surface area contributed by atoms with Gasteiger partial charge < -0.3 is 14.5 Å². The number of aromatic nitrogens is 2. The lowest BCUT2D eigenvalue weighted by Gasteiger charge is -2.42. The molecule has 160 valence electrons. The average molecular weight is 421 g/mol. The molecule has 1 atom stereocenters. The van der Waals surface area contributed by atoms with Crippen molar-refractivity contribution in [1.82, 2.24) is 14.7 Å². The fourth-order valence-corrected chi connectivity index (χ4v) is 3.67. The molecule has 30 heavy (non-hydrogen) atoms. The lowest BCUT2D eigenvalue weighted by Crippen LogP contribution is -2.57. The second-order valence-corrected chi connectivity index (χ2v) is 6.93. The Kier molecular flexibility index (Phi) is 6.31. The Balaban J connectivity index is 1.85. The normalized spacial score (nSPS) is 17.1. The van der Waals surface area contributed by atoms with E-state index in [0.717, 1.165) is 6.07 Å². The maximum Gasteiger partial charge on any atom is 0.417 e. The molecule has 0 aliphatic carbocycles. The van der Waals surface area contributed by atoms with Crippen molar-refractivity contribution in [2.75, 3.05) is 38.3 Å². The summed E-state index contributed by atoms with van der Waals surface area (Å²) in [7, 11) is 1.52. The number of hydrogen-bond acceptors (Lipinski definition) is 5. The van der Waals surface area contributed by atoms with Crippen LogP contribution in [0.15, 0.2) is 30.5 Å². The molecule has 1 amide bonds. The summed E-state index contributed by atoms with van der Waals surface area (Å²) in [6, 6.07) is 6.57. The van der Waals surface area contributed by atoms with E-state index < -0.39 is 17.3 Å². The first kappa shape index (κ1) is 21.6. The Morgan fingerprint density at radius 3 is 2.73 bits per heavy atom. The quantitative estimate of drug-likeness (QED) is 0.742. The summed E-state index contributed by atoms with van der Waals surface area (Å²) in [5.41, 5.74) is -0.560. The maximum atomic E-state index is 13.3. The predicted molar refractivity (Wildman–Crippen MR) is 103 cm³/mol. The third-order valence-corrected chi connectivity index (χ3v) is 5.13. The summed E-state index contributed by atoms with van der Waals surface area (Å²) in [5.74, 6) is -0.188. The fourth-order valence-electron chi connectivity index (χ4n) is 3.67. The molecular weight excluding hydrogens is 399 g/mol. The van der Waals surface area contributed by atoms with Crippen LogP contribution in [0.25, 0.3) is 0 Å². The van der Waals surface area contributed by atoms with E-state index >= 15 is 0 Å². The van der Waals surface area contributed by atoms with E-state index in [4.69, 9.17) is 10.00 Å². The Labute approximate surface area is 172 Å². The molecule has 0 N–H and O–H groups in total. The molecule has 1 aliphatic heterocycles. The molecule has 0 bridgehead atoms. The number of carbonyl (C=O) groups is 1. The molecule has 1 aromatic heterocycles. The summed E-state index contributed by atoms with van der Waals surface area (Å²) in [6.07, 6.45) is -3.06. The lowest BCUT2D eigenvalue weighted by atomic mass is 10.0. The van der Waals surface area contributed by atoms with E-state index in [1.165, 1.54) is 19.2 Å². The van der Waals surface area contributed by atoms with E-state index in [1.54, 1.807) is 32.8 Å². The second-order valence-electron chi connectivity index (χ2n) is 6.93. The molecule has 2 heterocycles. The zero-order chi connectivity index (χ0) is 21.9. The molecule has 0 spiro atoms. The third-order valence-electron chi connectivity index (χ3n) is 5.13. The molecule has 10 heteroatoms. The van der Waals surface area contributed by atoms with E-state index in [1.807, 2.05) is 6.92 Å². The summed E-state index contributed by atoms with van der Waals surface area (Å²) in [4.78, 5) is 16.5. The Morgan fingerprint density at radius 1 is 1.33 bits per heavy atom. The van der Waals surface area contributed by atoms with Crippen LogP contribution >= 0.6 is 0 Å². The highest BCUT2D eigenvalue weighted by atomic mass is 19.4. The number of piperazine rings is 1. The van der Waals surface area contributed by atoms with Gasteiger partial charge in [-0.05, 0) is 31.2 Å². The summed E-state index contributed by atoms with van der Waals surface area (Å²) < 4.78 is 46.9. The molecular formula is C20H22F3N5O2. The van der Waals surface area contributed by atoms with Crippen LogP contribution in [0.2, 0.25) is 0 Å². The van der Waals surface area contributed by atoms with Crippen molar-refractivity contribution in [1.29, 1.82) is 5.26 Å². The first-order valence-corrected chi connectivity index (χ1v) is 9.48. The minimum atomic E-state index is -4.62. The minimum absolute atomic E-state index is 0.188. The van der Waals surface area contributed by atoms with E-state index in [0.29, 0.717) is 37.6 Å². The van der Waals surface area contributed by atoms with Crippen LogP contribution in [0.3, 0.4) is 0 Å². The highest BCUT2D eigenvalue weighted by Gasteiger charge is 2.36. The molecule has 0 saturated carbocycles. The predicted octanol–water partition coefficient (Wildman–Crippen LogP) is 2.77. The highest BCUT2D eigenvalue weighted by Crippen LogP contribution is 2.35. The highest BCUT2D eigenvalue weighted by molar-refractivity contribution is 5.93. The van der Waals surface area contributed by atoms with Crippen molar-refractivity contribution < 1.29 is 22.7 Å². The topological polar surface area (TPSA) is 74.4 Å². The van der Waals surface area contributed by atoms with Crippen LogP contribution in [0, 0.1) is 11.3 Å². The van der Waals surface area contributed by atoms with Crippen molar-refractivity contribution >= 4 is 11.6 Å². The molecule has 3 rings (SSSR count). The number of hydrogen-bond donors (Lipinski definition) is 0. The van der Waals surface area contributed by atoms with Gasteiger partial charge in [0.25, 0.3) is 5.91 Å². The van der Waals surface area contributed by atoms with Gasteiger partial charge in [0.1, 0.15) is 5.69 Å². The van der Waals surface area contributed by atoms with Crippen LogP contribution in [0.4, 0.5) is 18.9 Å². The molecule has 2 aromatic rings. The van der Waals surface area contributed by atoms with Gasteiger partial charge in [0.05, 0.1) is 29.8 Å². The van der Waals surface area contributed by atoms with Crippen molar-refractivity contribution in [3.05, 3.63) is 47.3 Å². The SMILES string of the molecule is CCn1nccc1C(=O)N1CCN(c2ccc(C#N)c(C(F)(F)F)c2)CC1COC. The number of methoxy groups -OCH3 is 1. The molecule has 7 nitrogen and oxygen atoms in total. The monoisotopic (exact) mass is 421 g/mol. The largest absolute Gasteiger partial charge is 0.417 e. The number of anilines is 1. The lowest BCUT2D eigenvalue weighted by molar-refractivity contribution is -0.137. The van der Waals surface area contributed by atoms with Crippen molar-refractivity contribution in [2.45, 2.75) is 25.7 Å². The van der Waals surface area contributed by atoms with E-state index in [9.17, 15) is 18.0 Å². The fraction of sp³-hybridized carbons (Fsp3) is 0.450. The first-order chi connectivity index (χ1) is 14.3. The van der Waals surface area contributed by atoms with E-state index in [2.05, 4.69) is 5.10 Å². The van der Waals surface area contributed by atoms with Gasteiger partial charge in [0.15, 0.2) is 0 Å². The van der Waals surface area contributed by atoms with Crippen LogP contribution in [0.1, 0.15) is 28.5 Å². The number of nitriles is 1. The average Bonchev–Trinajstić information content (AvgIpc) is 3.21. The molecule has 0 radical (unpaired) electrons. The third kappa shape index (κ3) is 4.26. The first-order valence-electron chi connectivity index (χ1n) is 9.48. The Morgan fingerprint density at radius 2 is 2.10 bits per heavy atom. The van der Waals surface area contributed by atoms with Crippen LogP contribution in [0.5, 0.6) is 0 Å².